The van der Waals surface area contributed by atoms with Gasteiger partial charge in [0.2, 0.25) is 5.91 Å². The number of imidazole rings is 1. The van der Waals surface area contributed by atoms with Crippen LogP contribution in [-0.4, -0.2) is 37.2 Å². The molecule has 0 saturated heterocycles. The van der Waals surface area contributed by atoms with Crippen molar-refractivity contribution in [2.75, 3.05) is 6.54 Å². The molecule has 0 aliphatic carbocycles. The maximum atomic E-state index is 11.8. The zero-order chi connectivity index (χ0) is 16.9. The number of carbonyl (C=O) groups excluding carboxylic acids is 1. The number of amides is 1. The summed E-state index contributed by atoms with van der Waals surface area (Å²) in [5.74, 6) is 0.958. The highest BCUT2D eigenvalue weighted by atomic mass is 16.1. The van der Waals surface area contributed by atoms with E-state index in [0.29, 0.717) is 25.9 Å². The molecule has 7 heteroatoms. The Labute approximate surface area is 140 Å². The molecule has 3 aromatic rings. The predicted molar refractivity (Wildman–Crippen MR) is 91.5 cm³/mol. The van der Waals surface area contributed by atoms with Gasteiger partial charge in [-0.05, 0) is 37.5 Å². The number of aromatic amines is 1. The van der Waals surface area contributed by atoms with Crippen LogP contribution in [-0.2, 0) is 17.8 Å². The zero-order valence-electron chi connectivity index (χ0n) is 14.0. The Morgan fingerprint density at radius 3 is 3.00 bits per heavy atom. The van der Waals surface area contributed by atoms with E-state index >= 15 is 0 Å². The maximum Gasteiger partial charge on any atom is 0.220 e. The van der Waals surface area contributed by atoms with Crippen LogP contribution in [0.1, 0.15) is 29.8 Å². The fourth-order valence-corrected chi connectivity index (χ4v) is 2.64. The molecule has 1 amide bonds. The molecule has 0 aliphatic heterocycles. The quantitative estimate of drug-likeness (QED) is 0.694. The third kappa shape index (κ3) is 3.79. The minimum Gasteiger partial charge on any atom is -0.356 e. The van der Waals surface area contributed by atoms with Crippen LogP contribution in [0.2, 0.25) is 0 Å². The highest BCUT2D eigenvalue weighted by Crippen LogP contribution is 2.19. The van der Waals surface area contributed by atoms with E-state index < -0.39 is 0 Å². The van der Waals surface area contributed by atoms with Gasteiger partial charge in [0.1, 0.15) is 18.5 Å². The summed E-state index contributed by atoms with van der Waals surface area (Å²) < 4.78 is 1.73. The highest BCUT2D eigenvalue weighted by molar-refractivity contribution is 5.80. The molecule has 2 heterocycles. The number of aromatic nitrogens is 5. The maximum absolute atomic E-state index is 11.8. The van der Waals surface area contributed by atoms with Gasteiger partial charge in [-0.3, -0.25) is 9.48 Å². The van der Waals surface area contributed by atoms with E-state index in [2.05, 4.69) is 51.3 Å². The molecule has 1 aromatic carbocycles. The van der Waals surface area contributed by atoms with Crippen molar-refractivity contribution in [3.05, 3.63) is 41.7 Å². The summed E-state index contributed by atoms with van der Waals surface area (Å²) in [7, 11) is 0. The van der Waals surface area contributed by atoms with Crippen molar-refractivity contribution in [2.24, 2.45) is 0 Å². The Morgan fingerprint density at radius 2 is 2.21 bits per heavy atom. The molecule has 24 heavy (non-hydrogen) atoms. The van der Waals surface area contributed by atoms with Gasteiger partial charge in [0.05, 0.1) is 11.0 Å². The minimum absolute atomic E-state index is 0.0539. The number of aryl methyl sites for hydroxylation is 3. The summed E-state index contributed by atoms with van der Waals surface area (Å²) in [6.07, 6.45) is 5.08. The van der Waals surface area contributed by atoms with Crippen LogP contribution in [0, 0.1) is 13.8 Å². The van der Waals surface area contributed by atoms with Crippen LogP contribution in [0.3, 0.4) is 0 Å². The molecule has 2 aromatic heterocycles. The van der Waals surface area contributed by atoms with Gasteiger partial charge >= 0.3 is 0 Å². The van der Waals surface area contributed by atoms with Crippen LogP contribution in [0.5, 0.6) is 0 Å². The van der Waals surface area contributed by atoms with Gasteiger partial charge in [0.15, 0.2) is 0 Å². The van der Waals surface area contributed by atoms with E-state index in [-0.39, 0.29) is 5.91 Å². The molecular weight excluding hydrogens is 304 g/mol. The van der Waals surface area contributed by atoms with E-state index in [0.717, 1.165) is 23.3 Å². The number of H-pyrrole nitrogens is 1. The number of nitrogens with zero attached hydrogens (tertiary/aromatic N) is 4. The van der Waals surface area contributed by atoms with Gasteiger partial charge in [-0.2, -0.15) is 5.10 Å². The first-order valence-corrected chi connectivity index (χ1v) is 8.17. The van der Waals surface area contributed by atoms with Crippen molar-refractivity contribution >= 4 is 16.9 Å². The number of benzene rings is 1. The average molecular weight is 326 g/mol. The smallest absolute Gasteiger partial charge is 0.220 e. The molecule has 0 saturated carbocycles. The first kappa shape index (κ1) is 16.2. The zero-order valence-corrected chi connectivity index (χ0v) is 14.0. The molecule has 2 N–H and O–H groups in total. The highest BCUT2D eigenvalue weighted by Gasteiger charge is 2.07. The summed E-state index contributed by atoms with van der Waals surface area (Å²) in [5, 5.41) is 6.95. The van der Waals surface area contributed by atoms with Crippen LogP contribution >= 0.6 is 0 Å². The van der Waals surface area contributed by atoms with Gasteiger partial charge in [-0.1, -0.05) is 6.07 Å². The van der Waals surface area contributed by atoms with E-state index in [4.69, 9.17) is 0 Å². The number of nitrogens with one attached hydrogen (secondary N) is 2. The lowest BCUT2D eigenvalue weighted by Gasteiger charge is -2.04. The van der Waals surface area contributed by atoms with Gasteiger partial charge in [0.25, 0.3) is 0 Å². The van der Waals surface area contributed by atoms with E-state index in [1.807, 2.05) is 0 Å². The SMILES string of the molecule is Cc1ccc2[nH]c(CCNC(=O)CCCn3cncn3)nc2c1C. The molecule has 126 valence electrons. The van der Waals surface area contributed by atoms with Crippen molar-refractivity contribution in [3.63, 3.8) is 0 Å². The molecule has 7 nitrogen and oxygen atoms in total. The van der Waals surface area contributed by atoms with Crippen molar-refractivity contribution in [3.8, 4) is 0 Å². The summed E-state index contributed by atoms with van der Waals surface area (Å²) >= 11 is 0. The Morgan fingerprint density at radius 1 is 1.33 bits per heavy atom. The van der Waals surface area contributed by atoms with Crippen molar-refractivity contribution in [1.82, 2.24) is 30.0 Å². The average Bonchev–Trinajstić information content (AvgIpc) is 3.21. The largest absolute Gasteiger partial charge is 0.356 e. The van der Waals surface area contributed by atoms with E-state index in [9.17, 15) is 4.79 Å². The number of fused-ring (bicyclic) bond motifs is 1. The number of hydrogen-bond donors (Lipinski definition) is 2. The van der Waals surface area contributed by atoms with Crippen LogP contribution in [0.25, 0.3) is 11.0 Å². The molecule has 0 radical (unpaired) electrons. The van der Waals surface area contributed by atoms with Gasteiger partial charge in [-0.15, -0.1) is 0 Å². The molecular formula is C17H22N6O. The van der Waals surface area contributed by atoms with Crippen molar-refractivity contribution in [2.45, 2.75) is 39.7 Å². The van der Waals surface area contributed by atoms with E-state index in [1.165, 1.54) is 17.5 Å². The monoisotopic (exact) mass is 326 g/mol. The summed E-state index contributed by atoms with van der Waals surface area (Å²) in [5.41, 5.74) is 4.50. The molecule has 0 atom stereocenters. The first-order chi connectivity index (χ1) is 11.6. The fourth-order valence-electron chi connectivity index (χ4n) is 2.64. The van der Waals surface area contributed by atoms with Gasteiger partial charge < -0.3 is 10.3 Å². The molecule has 0 aliphatic rings. The summed E-state index contributed by atoms with van der Waals surface area (Å²) in [4.78, 5) is 23.7. The Hall–Kier alpha value is -2.70. The molecule has 0 spiro atoms. The topological polar surface area (TPSA) is 88.5 Å². The Balaban J connectivity index is 1.44. The van der Waals surface area contributed by atoms with Gasteiger partial charge in [0, 0.05) is 25.9 Å². The molecule has 3 rings (SSSR count). The second-order valence-electron chi connectivity index (χ2n) is 5.95. The predicted octanol–water partition coefficient (Wildman–Crippen LogP) is 1.91. The van der Waals surface area contributed by atoms with Crippen LogP contribution < -0.4 is 5.32 Å². The fraction of sp³-hybridized carbons (Fsp3) is 0.412. The minimum atomic E-state index is 0.0539. The normalized spacial score (nSPS) is 11.1. The van der Waals surface area contributed by atoms with Gasteiger partial charge in [-0.25, -0.2) is 9.97 Å². The number of rotatable bonds is 7. The first-order valence-electron chi connectivity index (χ1n) is 8.17. The second kappa shape index (κ2) is 7.25. The molecule has 0 unspecified atom stereocenters. The third-order valence-electron chi connectivity index (χ3n) is 4.17. The summed E-state index contributed by atoms with van der Waals surface area (Å²) in [6, 6.07) is 4.15. The Kier molecular flexibility index (Phi) is 4.88. The lowest BCUT2D eigenvalue weighted by atomic mass is 10.1. The second-order valence-corrected chi connectivity index (χ2v) is 5.95. The van der Waals surface area contributed by atoms with E-state index in [1.54, 1.807) is 11.0 Å². The standard InChI is InChI=1S/C17H22N6O/c1-12-5-6-14-17(13(12)2)22-15(21-14)7-8-19-16(24)4-3-9-23-11-18-10-20-23/h5-6,10-11H,3-4,7-9H2,1-2H3,(H,19,24)(H,21,22). The van der Waals surface area contributed by atoms with Crippen LogP contribution in [0.15, 0.2) is 24.8 Å². The molecule has 0 bridgehead atoms. The Bertz CT molecular complexity index is 821. The lowest BCUT2D eigenvalue weighted by Crippen LogP contribution is -2.25. The number of carbonyl (C=O) groups is 1. The molecule has 0 fully saturated rings. The van der Waals surface area contributed by atoms with Crippen LogP contribution in [0.4, 0.5) is 0 Å². The third-order valence-corrected chi connectivity index (χ3v) is 4.17. The summed E-state index contributed by atoms with van der Waals surface area (Å²) in [6.45, 7) is 5.46. The van der Waals surface area contributed by atoms with Crippen molar-refractivity contribution in [1.29, 1.82) is 0 Å². The number of hydrogen-bond acceptors (Lipinski definition) is 4. The lowest BCUT2D eigenvalue weighted by molar-refractivity contribution is -0.121. The van der Waals surface area contributed by atoms with Crippen molar-refractivity contribution < 1.29 is 4.79 Å².